The topological polar surface area (TPSA) is 93.8 Å². The Balaban J connectivity index is 2.02. The van der Waals surface area contributed by atoms with Crippen molar-refractivity contribution < 1.29 is 4.79 Å². The third-order valence-corrected chi connectivity index (χ3v) is 2.87. The summed E-state index contributed by atoms with van der Waals surface area (Å²) in [6.45, 7) is 0. The van der Waals surface area contributed by atoms with Gasteiger partial charge in [0.15, 0.2) is 0 Å². The largest absolute Gasteiger partial charge is 0.366 e. The zero-order chi connectivity index (χ0) is 12.5. The van der Waals surface area contributed by atoms with Gasteiger partial charge >= 0.3 is 0 Å². The lowest BCUT2D eigenvalue weighted by Crippen LogP contribution is -2.18. The van der Waals surface area contributed by atoms with Crippen LogP contribution in [0.5, 0.6) is 0 Å². The number of nitrogens with two attached hydrogens (primary N) is 1. The molecule has 0 fully saturated rings. The van der Waals surface area contributed by atoms with Crippen molar-refractivity contribution in [1.82, 2.24) is 15.2 Å². The number of anilines is 2. The Hall–Kier alpha value is -2.50. The van der Waals surface area contributed by atoms with Gasteiger partial charge in [-0.25, -0.2) is 4.98 Å². The second-order valence-corrected chi connectivity index (χ2v) is 4.12. The minimum absolute atomic E-state index is 0.0585. The number of aryl methyl sites for hydroxylation is 1. The minimum Gasteiger partial charge on any atom is -0.366 e. The zero-order valence-corrected chi connectivity index (χ0v) is 9.55. The average molecular weight is 241 g/mol. The van der Waals surface area contributed by atoms with Gasteiger partial charge in [0, 0.05) is 17.7 Å². The standard InChI is InChI=1S/C12H11N5O/c13-12-16-10(6-14-17-12)8-1-3-9-7(5-8)2-4-11(18)15-9/h1,3,5-6H,2,4H2,(H,15,18)(H2,13,16,17). The summed E-state index contributed by atoms with van der Waals surface area (Å²) in [5.41, 5.74) is 9.08. The fourth-order valence-corrected chi connectivity index (χ4v) is 2.00. The van der Waals surface area contributed by atoms with Gasteiger partial charge in [-0.05, 0) is 24.1 Å². The highest BCUT2D eigenvalue weighted by atomic mass is 16.1. The van der Waals surface area contributed by atoms with Crippen LogP contribution in [0, 0.1) is 0 Å². The van der Waals surface area contributed by atoms with Crippen molar-refractivity contribution in [2.75, 3.05) is 11.1 Å². The highest BCUT2D eigenvalue weighted by molar-refractivity contribution is 5.94. The second kappa shape index (κ2) is 4.06. The summed E-state index contributed by atoms with van der Waals surface area (Å²) < 4.78 is 0. The Kier molecular flexibility index (Phi) is 2.40. The molecule has 6 nitrogen and oxygen atoms in total. The number of aromatic nitrogens is 3. The molecular weight excluding hydrogens is 230 g/mol. The molecule has 18 heavy (non-hydrogen) atoms. The van der Waals surface area contributed by atoms with Crippen LogP contribution in [-0.2, 0) is 11.2 Å². The molecule has 1 aliphatic heterocycles. The van der Waals surface area contributed by atoms with Crippen molar-refractivity contribution in [2.24, 2.45) is 0 Å². The number of fused-ring (bicyclic) bond motifs is 1. The van der Waals surface area contributed by atoms with Gasteiger partial charge in [-0.15, -0.1) is 5.10 Å². The van der Waals surface area contributed by atoms with Crippen LogP contribution in [0.1, 0.15) is 12.0 Å². The van der Waals surface area contributed by atoms with Gasteiger partial charge in [-0.2, -0.15) is 5.10 Å². The van der Waals surface area contributed by atoms with Crippen LogP contribution in [0.2, 0.25) is 0 Å². The molecule has 3 rings (SSSR count). The Labute approximate surface area is 103 Å². The number of hydrogen-bond acceptors (Lipinski definition) is 5. The van der Waals surface area contributed by atoms with Crippen LogP contribution >= 0.6 is 0 Å². The molecule has 1 aliphatic rings. The molecule has 0 spiro atoms. The van der Waals surface area contributed by atoms with E-state index in [-0.39, 0.29) is 11.9 Å². The summed E-state index contributed by atoms with van der Waals surface area (Å²) in [6.07, 6.45) is 2.82. The Bertz CT molecular complexity index is 626. The van der Waals surface area contributed by atoms with Gasteiger partial charge in [0.1, 0.15) is 0 Å². The average Bonchev–Trinajstić information content (AvgIpc) is 2.38. The number of nitrogens with zero attached hydrogens (tertiary/aromatic N) is 3. The molecule has 6 heteroatoms. The summed E-state index contributed by atoms with van der Waals surface area (Å²) in [5, 5.41) is 10.2. The number of nitrogens with one attached hydrogen (secondary N) is 1. The molecule has 0 saturated heterocycles. The first kappa shape index (κ1) is 10.6. The molecule has 0 bridgehead atoms. The van der Waals surface area contributed by atoms with E-state index in [1.807, 2.05) is 18.2 Å². The van der Waals surface area contributed by atoms with E-state index < -0.39 is 0 Å². The fraction of sp³-hybridized carbons (Fsp3) is 0.167. The fourth-order valence-electron chi connectivity index (χ4n) is 2.00. The Morgan fingerprint density at radius 3 is 3.00 bits per heavy atom. The van der Waals surface area contributed by atoms with Crippen molar-refractivity contribution in [1.29, 1.82) is 0 Å². The smallest absolute Gasteiger partial charge is 0.240 e. The van der Waals surface area contributed by atoms with Crippen LogP contribution < -0.4 is 11.1 Å². The lowest BCUT2D eigenvalue weighted by atomic mass is 9.99. The Morgan fingerprint density at radius 2 is 2.17 bits per heavy atom. The molecule has 2 heterocycles. The molecule has 90 valence electrons. The number of amides is 1. The summed E-state index contributed by atoms with van der Waals surface area (Å²) in [5.74, 6) is 0.210. The third kappa shape index (κ3) is 1.88. The number of benzene rings is 1. The van der Waals surface area contributed by atoms with E-state index >= 15 is 0 Å². The number of nitrogen functional groups attached to an aromatic ring is 1. The monoisotopic (exact) mass is 241 g/mol. The van der Waals surface area contributed by atoms with Crippen LogP contribution in [0.25, 0.3) is 11.3 Å². The quantitative estimate of drug-likeness (QED) is 0.777. The summed E-state index contributed by atoms with van der Waals surface area (Å²) in [6, 6.07) is 5.76. The van der Waals surface area contributed by atoms with Crippen molar-refractivity contribution in [3.8, 4) is 11.3 Å². The van der Waals surface area contributed by atoms with E-state index in [0.29, 0.717) is 12.1 Å². The van der Waals surface area contributed by atoms with E-state index in [1.165, 1.54) is 0 Å². The highest BCUT2D eigenvalue weighted by Crippen LogP contribution is 2.27. The van der Waals surface area contributed by atoms with Gasteiger partial charge in [0.25, 0.3) is 0 Å². The van der Waals surface area contributed by atoms with Gasteiger partial charge < -0.3 is 11.1 Å². The minimum atomic E-state index is 0.0585. The molecule has 1 aromatic heterocycles. The van der Waals surface area contributed by atoms with Gasteiger partial charge in [-0.3, -0.25) is 4.79 Å². The molecule has 1 amide bonds. The first-order valence-corrected chi connectivity index (χ1v) is 5.61. The van der Waals surface area contributed by atoms with Crippen molar-refractivity contribution in [3.63, 3.8) is 0 Å². The van der Waals surface area contributed by atoms with E-state index in [2.05, 4.69) is 20.5 Å². The molecule has 0 unspecified atom stereocenters. The molecule has 3 N–H and O–H groups in total. The van der Waals surface area contributed by atoms with E-state index in [4.69, 9.17) is 5.73 Å². The van der Waals surface area contributed by atoms with Crippen LogP contribution in [0.4, 0.5) is 11.6 Å². The summed E-state index contributed by atoms with van der Waals surface area (Å²) in [7, 11) is 0. The van der Waals surface area contributed by atoms with Crippen LogP contribution in [0.3, 0.4) is 0 Å². The highest BCUT2D eigenvalue weighted by Gasteiger charge is 2.15. The van der Waals surface area contributed by atoms with Crippen LogP contribution in [0.15, 0.2) is 24.4 Å². The lowest BCUT2D eigenvalue weighted by molar-refractivity contribution is -0.116. The molecule has 0 saturated carbocycles. The van der Waals surface area contributed by atoms with Crippen molar-refractivity contribution in [3.05, 3.63) is 30.0 Å². The maximum Gasteiger partial charge on any atom is 0.240 e. The molecule has 2 aromatic rings. The number of carbonyl (C=O) groups is 1. The maximum absolute atomic E-state index is 11.3. The van der Waals surface area contributed by atoms with Crippen molar-refractivity contribution in [2.45, 2.75) is 12.8 Å². The predicted octanol–water partition coefficient (Wildman–Crippen LogP) is 1.01. The SMILES string of the molecule is Nc1nncc(-c2ccc3c(c2)CCC(=O)N3)n1. The van der Waals surface area contributed by atoms with E-state index in [9.17, 15) is 4.79 Å². The van der Waals surface area contributed by atoms with Gasteiger partial charge in [0.05, 0.1) is 11.9 Å². The first-order valence-electron chi connectivity index (χ1n) is 5.61. The molecular formula is C12H11N5O. The third-order valence-electron chi connectivity index (χ3n) is 2.87. The number of carbonyl (C=O) groups excluding carboxylic acids is 1. The van der Waals surface area contributed by atoms with E-state index in [1.54, 1.807) is 6.20 Å². The molecule has 0 atom stereocenters. The van der Waals surface area contributed by atoms with Gasteiger partial charge in [-0.1, -0.05) is 6.07 Å². The summed E-state index contributed by atoms with van der Waals surface area (Å²) in [4.78, 5) is 15.4. The van der Waals surface area contributed by atoms with Crippen molar-refractivity contribution >= 4 is 17.5 Å². The number of hydrogen-bond donors (Lipinski definition) is 2. The van der Waals surface area contributed by atoms with Gasteiger partial charge in [0.2, 0.25) is 11.9 Å². The normalized spacial score (nSPS) is 13.9. The number of rotatable bonds is 1. The summed E-state index contributed by atoms with van der Waals surface area (Å²) >= 11 is 0. The Morgan fingerprint density at radius 1 is 1.28 bits per heavy atom. The molecule has 0 aliphatic carbocycles. The van der Waals surface area contributed by atoms with Crippen LogP contribution in [-0.4, -0.2) is 21.1 Å². The molecule has 1 aromatic carbocycles. The lowest BCUT2D eigenvalue weighted by Gasteiger charge is -2.17. The van der Waals surface area contributed by atoms with E-state index in [0.717, 1.165) is 23.2 Å². The maximum atomic E-state index is 11.3. The molecule has 0 radical (unpaired) electrons. The second-order valence-electron chi connectivity index (χ2n) is 4.12. The predicted molar refractivity (Wildman–Crippen MR) is 66.6 cm³/mol. The zero-order valence-electron chi connectivity index (χ0n) is 9.55. The first-order chi connectivity index (χ1) is 8.72.